The molecule has 0 atom stereocenters. The summed E-state index contributed by atoms with van der Waals surface area (Å²) in [6, 6.07) is 24.9. The molecule has 29 heavy (non-hydrogen) atoms. The standard InChI is InChI=1S/C23H19ClN4O/c1-16-6-5-9-20(14-16)28-22(18-10-12-19(24)13-11-18)26-21(27-28)23(29)25-15-17-7-3-2-4-8-17/h2-14H,15H2,1H3,(H,25,29). The molecule has 0 aliphatic heterocycles. The van der Waals surface area contributed by atoms with Gasteiger partial charge in [0.1, 0.15) is 0 Å². The van der Waals surface area contributed by atoms with Gasteiger partial charge >= 0.3 is 0 Å². The van der Waals surface area contributed by atoms with Crippen molar-refractivity contribution in [2.75, 3.05) is 0 Å². The predicted molar refractivity (Wildman–Crippen MR) is 114 cm³/mol. The number of rotatable bonds is 5. The molecule has 0 bridgehead atoms. The molecular weight excluding hydrogens is 384 g/mol. The molecule has 1 heterocycles. The maximum Gasteiger partial charge on any atom is 0.291 e. The fourth-order valence-corrected chi connectivity index (χ4v) is 3.12. The second kappa shape index (κ2) is 8.29. The lowest BCUT2D eigenvalue weighted by Crippen LogP contribution is -2.24. The highest BCUT2D eigenvalue weighted by Crippen LogP contribution is 2.23. The summed E-state index contributed by atoms with van der Waals surface area (Å²) >= 11 is 6.02. The lowest BCUT2D eigenvalue weighted by Gasteiger charge is -2.06. The van der Waals surface area contributed by atoms with Gasteiger partial charge in [-0.05, 0) is 54.4 Å². The Kier molecular flexibility index (Phi) is 5.40. The molecular formula is C23H19ClN4O. The van der Waals surface area contributed by atoms with E-state index in [2.05, 4.69) is 15.4 Å². The van der Waals surface area contributed by atoms with Crippen molar-refractivity contribution in [1.82, 2.24) is 20.1 Å². The van der Waals surface area contributed by atoms with Gasteiger partial charge in [0.2, 0.25) is 5.82 Å². The Morgan fingerprint density at radius 2 is 1.76 bits per heavy atom. The van der Waals surface area contributed by atoms with Crippen LogP contribution in [0.25, 0.3) is 17.1 Å². The summed E-state index contributed by atoms with van der Waals surface area (Å²) in [7, 11) is 0. The largest absolute Gasteiger partial charge is 0.345 e. The van der Waals surface area contributed by atoms with E-state index in [9.17, 15) is 4.79 Å². The molecule has 0 radical (unpaired) electrons. The Hall–Kier alpha value is -3.44. The summed E-state index contributed by atoms with van der Waals surface area (Å²) < 4.78 is 1.69. The van der Waals surface area contributed by atoms with Crippen LogP contribution in [0.1, 0.15) is 21.7 Å². The van der Waals surface area contributed by atoms with Crippen LogP contribution in [-0.2, 0) is 6.54 Å². The average molecular weight is 403 g/mol. The first kappa shape index (κ1) is 18.9. The monoisotopic (exact) mass is 402 g/mol. The molecule has 0 saturated carbocycles. The second-order valence-corrected chi connectivity index (χ2v) is 7.12. The summed E-state index contributed by atoms with van der Waals surface area (Å²) in [5.74, 6) is 0.375. The van der Waals surface area contributed by atoms with Crippen LogP contribution in [0.3, 0.4) is 0 Å². The summed E-state index contributed by atoms with van der Waals surface area (Å²) in [4.78, 5) is 17.2. The number of hydrogen-bond acceptors (Lipinski definition) is 3. The van der Waals surface area contributed by atoms with E-state index in [1.165, 1.54) is 0 Å². The lowest BCUT2D eigenvalue weighted by atomic mass is 10.2. The number of halogens is 1. The van der Waals surface area contributed by atoms with Crippen molar-refractivity contribution in [2.45, 2.75) is 13.5 Å². The smallest absolute Gasteiger partial charge is 0.291 e. The van der Waals surface area contributed by atoms with Crippen molar-refractivity contribution in [2.24, 2.45) is 0 Å². The summed E-state index contributed by atoms with van der Waals surface area (Å²) in [5.41, 5.74) is 3.77. The third kappa shape index (κ3) is 4.36. The average Bonchev–Trinajstić information content (AvgIpc) is 3.19. The molecule has 3 aromatic carbocycles. The van der Waals surface area contributed by atoms with Gasteiger partial charge in [-0.15, -0.1) is 5.10 Å². The molecule has 0 saturated heterocycles. The Bertz CT molecular complexity index is 1140. The fraction of sp³-hybridized carbons (Fsp3) is 0.0870. The number of nitrogens with one attached hydrogen (secondary N) is 1. The Morgan fingerprint density at radius 3 is 2.48 bits per heavy atom. The van der Waals surface area contributed by atoms with E-state index in [1.807, 2.05) is 73.7 Å². The van der Waals surface area contributed by atoms with Crippen molar-refractivity contribution in [3.05, 3.63) is 101 Å². The van der Waals surface area contributed by atoms with Crippen LogP contribution in [-0.4, -0.2) is 20.7 Å². The topological polar surface area (TPSA) is 59.8 Å². The van der Waals surface area contributed by atoms with E-state index in [4.69, 9.17) is 11.6 Å². The first-order valence-corrected chi connectivity index (χ1v) is 9.60. The van der Waals surface area contributed by atoms with Crippen molar-refractivity contribution in [3.63, 3.8) is 0 Å². The van der Waals surface area contributed by atoms with Crippen LogP contribution >= 0.6 is 11.6 Å². The highest BCUT2D eigenvalue weighted by atomic mass is 35.5. The molecule has 0 aliphatic rings. The number of aryl methyl sites for hydroxylation is 1. The van der Waals surface area contributed by atoms with Gasteiger partial charge in [0.15, 0.2) is 5.82 Å². The van der Waals surface area contributed by atoms with Gasteiger partial charge in [-0.3, -0.25) is 4.79 Å². The maximum atomic E-state index is 12.7. The zero-order chi connectivity index (χ0) is 20.2. The third-order valence-electron chi connectivity index (χ3n) is 4.45. The van der Waals surface area contributed by atoms with Crippen LogP contribution < -0.4 is 5.32 Å². The number of aromatic nitrogens is 3. The minimum atomic E-state index is -0.324. The quantitative estimate of drug-likeness (QED) is 0.520. The molecule has 1 aromatic heterocycles. The molecule has 144 valence electrons. The van der Waals surface area contributed by atoms with E-state index < -0.39 is 0 Å². The summed E-state index contributed by atoms with van der Waals surface area (Å²) in [6.07, 6.45) is 0. The Balaban J connectivity index is 1.69. The zero-order valence-corrected chi connectivity index (χ0v) is 16.6. The number of benzene rings is 3. The number of nitrogens with zero attached hydrogens (tertiary/aromatic N) is 3. The van der Waals surface area contributed by atoms with E-state index in [0.29, 0.717) is 17.4 Å². The normalized spacial score (nSPS) is 10.7. The number of hydrogen-bond donors (Lipinski definition) is 1. The maximum absolute atomic E-state index is 12.7. The van der Waals surface area contributed by atoms with E-state index in [1.54, 1.807) is 16.8 Å². The number of carbonyl (C=O) groups is 1. The third-order valence-corrected chi connectivity index (χ3v) is 4.71. The van der Waals surface area contributed by atoms with Crippen LogP contribution in [0.2, 0.25) is 5.02 Å². The minimum Gasteiger partial charge on any atom is -0.345 e. The van der Waals surface area contributed by atoms with Crippen molar-refractivity contribution < 1.29 is 4.79 Å². The minimum absolute atomic E-state index is 0.118. The summed E-state index contributed by atoms with van der Waals surface area (Å²) in [5, 5.41) is 8.01. The van der Waals surface area contributed by atoms with Gasteiger partial charge < -0.3 is 5.32 Å². The van der Waals surface area contributed by atoms with Gasteiger partial charge in [-0.2, -0.15) is 0 Å². The van der Waals surface area contributed by atoms with Crippen LogP contribution in [0.15, 0.2) is 78.9 Å². The lowest BCUT2D eigenvalue weighted by molar-refractivity contribution is 0.0940. The van der Waals surface area contributed by atoms with Crippen LogP contribution in [0, 0.1) is 6.92 Å². The first-order chi connectivity index (χ1) is 14.1. The van der Waals surface area contributed by atoms with E-state index >= 15 is 0 Å². The van der Waals surface area contributed by atoms with Crippen molar-refractivity contribution in [3.8, 4) is 17.1 Å². The molecule has 4 rings (SSSR count). The molecule has 0 spiro atoms. The zero-order valence-electron chi connectivity index (χ0n) is 15.8. The van der Waals surface area contributed by atoms with Crippen molar-refractivity contribution in [1.29, 1.82) is 0 Å². The summed E-state index contributed by atoms with van der Waals surface area (Å²) in [6.45, 7) is 2.42. The molecule has 4 aromatic rings. The SMILES string of the molecule is Cc1cccc(-n2nc(C(=O)NCc3ccccc3)nc2-c2ccc(Cl)cc2)c1. The van der Waals surface area contributed by atoms with Gasteiger partial charge in [0.25, 0.3) is 5.91 Å². The molecule has 0 unspecified atom stereocenters. The van der Waals surface area contributed by atoms with Gasteiger partial charge in [0.05, 0.1) is 5.69 Å². The van der Waals surface area contributed by atoms with Crippen LogP contribution in [0.5, 0.6) is 0 Å². The Morgan fingerprint density at radius 1 is 1.00 bits per heavy atom. The molecule has 1 amide bonds. The van der Waals surface area contributed by atoms with Gasteiger partial charge in [0, 0.05) is 17.1 Å². The highest BCUT2D eigenvalue weighted by molar-refractivity contribution is 6.30. The van der Waals surface area contributed by atoms with Crippen LogP contribution in [0.4, 0.5) is 0 Å². The molecule has 1 N–H and O–H groups in total. The van der Waals surface area contributed by atoms with E-state index in [0.717, 1.165) is 22.4 Å². The first-order valence-electron chi connectivity index (χ1n) is 9.22. The van der Waals surface area contributed by atoms with Gasteiger partial charge in [-0.1, -0.05) is 54.1 Å². The Labute approximate surface area is 174 Å². The number of amides is 1. The van der Waals surface area contributed by atoms with Crippen molar-refractivity contribution >= 4 is 17.5 Å². The van der Waals surface area contributed by atoms with Gasteiger partial charge in [-0.25, -0.2) is 9.67 Å². The molecule has 6 heteroatoms. The number of carbonyl (C=O) groups excluding carboxylic acids is 1. The molecule has 0 aliphatic carbocycles. The molecule has 0 fully saturated rings. The highest BCUT2D eigenvalue weighted by Gasteiger charge is 2.18. The second-order valence-electron chi connectivity index (χ2n) is 6.68. The van der Waals surface area contributed by atoms with E-state index in [-0.39, 0.29) is 11.7 Å². The molecule has 5 nitrogen and oxygen atoms in total. The predicted octanol–water partition coefficient (Wildman–Crippen LogP) is 4.83. The fourth-order valence-electron chi connectivity index (χ4n) is 2.99.